The Bertz CT molecular complexity index is 719. The van der Waals surface area contributed by atoms with Crippen LogP contribution in [0.5, 0.6) is 0 Å². The molecule has 0 radical (unpaired) electrons. The fourth-order valence-corrected chi connectivity index (χ4v) is 2.63. The summed E-state index contributed by atoms with van der Waals surface area (Å²) in [5.41, 5.74) is 11.1. The summed E-state index contributed by atoms with van der Waals surface area (Å²) in [5.74, 6) is -0.0243. The number of fused-ring (bicyclic) bond motifs is 1. The molecule has 0 unspecified atom stereocenters. The van der Waals surface area contributed by atoms with Crippen molar-refractivity contribution in [3.05, 3.63) is 16.7 Å². The van der Waals surface area contributed by atoms with E-state index < -0.39 is 25.4 Å². The average Bonchev–Trinajstić information content (AvgIpc) is 2.67. The Labute approximate surface area is 113 Å². The third-order valence-electron chi connectivity index (χ3n) is 2.71. The molecular weight excluding hydrogens is 287 g/mol. The number of rotatable bonds is 5. The van der Waals surface area contributed by atoms with Gasteiger partial charge < -0.3 is 25.8 Å². The zero-order valence-electron chi connectivity index (χ0n) is 10.4. The molecule has 0 bridgehead atoms. The smallest absolute Gasteiger partial charge is 0.327 e. The molecule has 0 amide bonds. The van der Waals surface area contributed by atoms with Crippen LogP contribution in [0.3, 0.4) is 0 Å². The van der Waals surface area contributed by atoms with Crippen LogP contribution in [0.25, 0.3) is 11.2 Å². The summed E-state index contributed by atoms with van der Waals surface area (Å²) in [7, 11) is -4.13. The van der Waals surface area contributed by atoms with Gasteiger partial charge in [0.1, 0.15) is 0 Å². The highest BCUT2D eigenvalue weighted by Gasteiger charge is 2.19. The van der Waals surface area contributed by atoms with E-state index in [1.807, 2.05) is 0 Å². The summed E-state index contributed by atoms with van der Waals surface area (Å²) >= 11 is 0. The third-order valence-corrected chi connectivity index (χ3v) is 3.65. The Hall–Kier alpha value is -1.74. The molecule has 20 heavy (non-hydrogen) atoms. The zero-order chi connectivity index (χ0) is 14.9. The lowest BCUT2D eigenvalue weighted by atomic mass is 10.2. The van der Waals surface area contributed by atoms with Crippen molar-refractivity contribution < 1.29 is 14.4 Å². The minimum absolute atomic E-state index is 0.0243. The van der Waals surface area contributed by atoms with Crippen LogP contribution in [0.15, 0.2) is 11.1 Å². The molecule has 110 valence electrons. The van der Waals surface area contributed by atoms with Crippen LogP contribution in [-0.4, -0.2) is 41.5 Å². The molecule has 0 aliphatic rings. The summed E-state index contributed by atoms with van der Waals surface area (Å²) < 4.78 is 12.4. The van der Waals surface area contributed by atoms with E-state index in [0.29, 0.717) is 18.6 Å². The highest BCUT2D eigenvalue weighted by atomic mass is 31.2. The summed E-state index contributed by atoms with van der Waals surface area (Å²) in [6.45, 7) is 0.327. The molecule has 2 rings (SSSR count). The molecule has 0 aromatic carbocycles. The maximum absolute atomic E-state index is 11.6. The lowest BCUT2D eigenvalue weighted by molar-refractivity contribution is 0.366. The van der Waals surface area contributed by atoms with Crippen molar-refractivity contribution >= 4 is 24.7 Å². The van der Waals surface area contributed by atoms with Crippen molar-refractivity contribution in [3.8, 4) is 0 Å². The second-order valence-electron chi connectivity index (χ2n) is 4.46. The van der Waals surface area contributed by atoms with Gasteiger partial charge in [0.15, 0.2) is 11.2 Å². The number of aryl methyl sites for hydroxylation is 1. The van der Waals surface area contributed by atoms with Crippen LogP contribution in [0.2, 0.25) is 0 Å². The Balaban J connectivity index is 2.15. The van der Waals surface area contributed by atoms with Crippen molar-refractivity contribution in [2.24, 2.45) is 5.73 Å². The molecule has 0 spiro atoms. The summed E-state index contributed by atoms with van der Waals surface area (Å²) in [5, 5.41) is 0. The number of hydrogen-bond acceptors (Lipinski definition) is 6. The van der Waals surface area contributed by atoms with Crippen LogP contribution >= 0.6 is 7.60 Å². The van der Waals surface area contributed by atoms with Gasteiger partial charge >= 0.3 is 7.60 Å². The molecule has 0 saturated heterocycles. The minimum Gasteiger partial charge on any atom is -0.369 e. The molecular formula is C9H15N6O4P. The van der Waals surface area contributed by atoms with Crippen LogP contribution in [-0.2, 0) is 11.1 Å². The first kappa shape index (κ1) is 14.7. The molecule has 7 N–H and O–H groups in total. The molecule has 1 atom stereocenters. The quantitative estimate of drug-likeness (QED) is 0.419. The number of anilines is 1. The second-order valence-corrected chi connectivity index (χ2v) is 6.15. The number of nitrogen functional groups attached to an aromatic ring is 1. The predicted octanol–water partition coefficient (Wildman–Crippen LogP) is -1.40. The molecule has 0 aliphatic heterocycles. The Morgan fingerprint density at radius 2 is 2.20 bits per heavy atom. The van der Waals surface area contributed by atoms with Gasteiger partial charge in [-0.3, -0.25) is 14.3 Å². The van der Waals surface area contributed by atoms with Crippen molar-refractivity contribution in [2.45, 2.75) is 19.0 Å². The van der Waals surface area contributed by atoms with Gasteiger partial charge in [0.2, 0.25) is 5.95 Å². The third kappa shape index (κ3) is 3.42. The maximum Gasteiger partial charge on any atom is 0.327 e. The van der Waals surface area contributed by atoms with Gasteiger partial charge in [-0.2, -0.15) is 4.98 Å². The fourth-order valence-electron chi connectivity index (χ4n) is 1.84. The van der Waals surface area contributed by atoms with E-state index in [1.165, 1.54) is 6.33 Å². The lowest BCUT2D eigenvalue weighted by Crippen LogP contribution is -2.26. The number of hydrogen-bond donors (Lipinski definition) is 5. The standard InChI is InChI=1S/C9H15N6O4P/c10-5(3-20(17,18)19)1-2-15-4-12-6-7(15)13-9(11)14-8(6)16/h4-5H,1-3,10H2,(H2,17,18,19)(H3,11,13,14,16)/t5-/m0/s1. The number of nitrogens with zero attached hydrogens (tertiary/aromatic N) is 3. The van der Waals surface area contributed by atoms with Crippen molar-refractivity contribution in [2.75, 3.05) is 11.9 Å². The van der Waals surface area contributed by atoms with Crippen molar-refractivity contribution in [1.82, 2.24) is 19.5 Å². The van der Waals surface area contributed by atoms with Crippen LogP contribution in [0, 0.1) is 0 Å². The number of nitrogens with two attached hydrogens (primary N) is 2. The van der Waals surface area contributed by atoms with E-state index in [1.54, 1.807) is 4.57 Å². The van der Waals surface area contributed by atoms with E-state index >= 15 is 0 Å². The molecule has 0 aliphatic carbocycles. The van der Waals surface area contributed by atoms with Gasteiger partial charge in [-0.15, -0.1) is 0 Å². The SMILES string of the molecule is Nc1nc2c(ncn2CC[C@H](N)CP(=O)(O)O)c(=O)[nH]1. The van der Waals surface area contributed by atoms with Crippen LogP contribution < -0.4 is 17.0 Å². The van der Waals surface area contributed by atoms with Gasteiger partial charge in [0, 0.05) is 12.6 Å². The first-order valence-corrected chi connectivity index (χ1v) is 7.57. The zero-order valence-corrected chi connectivity index (χ0v) is 11.3. The monoisotopic (exact) mass is 302 g/mol. The Morgan fingerprint density at radius 3 is 2.85 bits per heavy atom. The van der Waals surface area contributed by atoms with E-state index in [2.05, 4.69) is 15.0 Å². The van der Waals surface area contributed by atoms with Crippen molar-refractivity contribution in [1.29, 1.82) is 0 Å². The largest absolute Gasteiger partial charge is 0.369 e. The highest BCUT2D eigenvalue weighted by molar-refractivity contribution is 7.51. The Morgan fingerprint density at radius 1 is 1.50 bits per heavy atom. The number of nitrogens with one attached hydrogen (secondary N) is 1. The molecule has 2 aromatic heterocycles. The van der Waals surface area contributed by atoms with Gasteiger partial charge in [-0.1, -0.05) is 0 Å². The minimum atomic E-state index is -4.13. The van der Waals surface area contributed by atoms with E-state index in [9.17, 15) is 9.36 Å². The first-order valence-electron chi connectivity index (χ1n) is 5.77. The van der Waals surface area contributed by atoms with Gasteiger partial charge in [0.05, 0.1) is 12.5 Å². The molecule has 2 aromatic rings. The number of aromatic amines is 1. The molecule has 10 nitrogen and oxygen atoms in total. The van der Waals surface area contributed by atoms with E-state index in [0.717, 1.165) is 0 Å². The molecule has 0 saturated carbocycles. The lowest BCUT2D eigenvalue weighted by Gasteiger charge is -2.12. The van der Waals surface area contributed by atoms with Gasteiger partial charge in [0.25, 0.3) is 5.56 Å². The van der Waals surface area contributed by atoms with Crippen LogP contribution in [0.1, 0.15) is 6.42 Å². The number of imidazole rings is 1. The number of H-pyrrole nitrogens is 1. The molecule has 0 fully saturated rings. The topological polar surface area (TPSA) is 173 Å². The molecule has 2 heterocycles. The average molecular weight is 302 g/mol. The summed E-state index contributed by atoms with van der Waals surface area (Å²) in [6, 6.07) is -0.660. The highest BCUT2D eigenvalue weighted by Crippen LogP contribution is 2.35. The predicted molar refractivity (Wildman–Crippen MR) is 72.1 cm³/mol. The summed E-state index contributed by atoms with van der Waals surface area (Å²) in [6.07, 6.45) is 1.33. The van der Waals surface area contributed by atoms with Gasteiger partial charge in [-0.05, 0) is 6.42 Å². The van der Waals surface area contributed by atoms with E-state index in [4.69, 9.17) is 21.3 Å². The van der Waals surface area contributed by atoms with Crippen molar-refractivity contribution in [3.63, 3.8) is 0 Å². The van der Waals surface area contributed by atoms with E-state index in [-0.39, 0.29) is 11.5 Å². The summed E-state index contributed by atoms with van der Waals surface area (Å²) in [4.78, 5) is 39.4. The van der Waals surface area contributed by atoms with Crippen LogP contribution in [0.4, 0.5) is 5.95 Å². The van der Waals surface area contributed by atoms with Gasteiger partial charge in [-0.25, -0.2) is 4.98 Å². The maximum atomic E-state index is 11.6. The molecule has 11 heteroatoms. The fraction of sp³-hybridized carbons (Fsp3) is 0.444. The first-order chi connectivity index (χ1) is 9.26. The number of aromatic nitrogens is 4. The normalized spacial score (nSPS) is 13.8. The second kappa shape index (κ2) is 5.33. The Kier molecular flexibility index (Phi) is 3.91.